The van der Waals surface area contributed by atoms with Crippen molar-refractivity contribution in [1.82, 2.24) is 4.90 Å². The van der Waals surface area contributed by atoms with Gasteiger partial charge < -0.3 is 4.90 Å². The van der Waals surface area contributed by atoms with Crippen LogP contribution < -0.4 is 0 Å². The molecule has 0 aliphatic heterocycles. The molecule has 0 aromatic rings. The summed E-state index contributed by atoms with van der Waals surface area (Å²) in [6.45, 7) is 14.5. The Hall–Kier alpha value is -1.90. The fraction of sp³-hybridized carbons (Fsp3) is 0.231. The maximum Gasteiger partial charge on any atom is 0.223 e. The fourth-order valence-corrected chi connectivity index (χ4v) is 1.23. The van der Waals surface area contributed by atoms with Crippen LogP contribution in [0.25, 0.3) is 0 Å². The lowest BCUT2D eigenvalue weighted by atomic mass is 10.1. The summed E-state index contributed by atoms with van der Waals surface area (Å²) in [5.74, 6) is -0.353. The third kappa shape index (κ3) is 3.69. The van der Waals surface area contributed by atoms with Crippen molar-refractivity contribution >= 4 is 11.7 Å². The Bertz CT molecular complexity index is 370. The molecule has 0 rings (SSSR count). The van der Waals surface area contributed by atoms with Gasteiger partial charge in [0, 0.05) is 26.2 Å². The Balaban J connectivity index is 0. The van der Waals surface area contributed by atoms with E-state index in [1.807, 2.05) is 6.92 Å². The lowest BCUT2D eigenvalue weighted by molar-refractivity contribution is -0.126. The second-order valence-corrected chi connectivity index (χ2v) is 3.13. The van der Waals surface area contributed by atoms with Gasteiger partial charge in [0.25, 0.3) is 0 Å². The molecule has 0 aliphatic carbocycles. The van der Waals surface area contributed by atoms with E-state index in [2.05, 4.69) is 19.7 Å². The lowest BCUT2D eigenvalue weighted by Gasteiger charge is -2.19. The Morgan fingerprint density at radius 3 is 2.19 bits per heavy atom. The average Bonchev–Trinajstić information content (AvgIpc) is 2.25. The highest BCUT2D eigenvalue weighted by Gasteiger charge is 2.09. The van der Waals surface area contributed by atoms with Crippen molar-refractivity contribution in [2.45, 2.75) is 13.8 Å². The zero-order valence-corrected chi connectivity index (χ0v) is 9.82. The summed E-state index contributed by atoms with van der Waals surface area (Å²) in [5, 5.41) is 0. The van der Waals surface area contributed by atoms with E-state index in [4.69, 9.17) is 0 Å². The van der Waals surface area contributed by atoms with Crippen LogP contribution >= 0.6 is 0 Å². The maximum absolute atomic E-state index is 11.4. The van der Waals surface area contributed by atoms with Gasteiger partial charge in [-0.25, -0.2) is 0 Å². The molecule has 0 aliphatic rings. The van der Waals surface area contributed by atoms with Crippen molar-refractivity contribution in [2.75, 3.05) is 6.54 Å². The summed E-state index contributed by atoms with van der Waals surface area (Å²) in [4.78, 5) is 24.1. The van der Waals surface area contributed by atoms with Gasteiger partial charge in [-0.1, -0.05) is 25.8 Å². The number of nitrogens with zero attached hydrogens (tertiary/aromatic N) is 1. The molecule has 0 saturated heterocycles. The Labute approximate surface area is 97.9 Å². The van der Waals surface area contributed by atoms with Gasteiger partial charge in [-0.05, 0) is 19.1 Å². The molecule has 0 fully saturated rings. The van der Waals surface area contributed by atoms with Crippen molar-refractivity contribution in [2.24, 2.45) is 0 Å². The molecule has 3 heteroatoms. The Kier molecular flexibility index (Phi) is 5.78. The van der Waals surface area contributed by atoms with E-state index in [-0.39, 0.29) is 13.1 Å². The Morgan fingerprint density at radius 1 is 1.31 bits per heavy atom. The van der Waals surface area contributed by atoms with Gasteiger partial charge in [0.05, 0.1) is 0 Å². The summed E-state index contributed by atoms with van der Waals surface area (Å²) >= 11 is 0. The van der Waals surface area contributed by atoms with E-state index >= 15 is 0 Å². The quantitative estimate of drug-likeness (QED) is 0.510. The van der Waals surface area contributed by atoms with Crippen LogP contribution in [0.5, 0.6) is 0 Å². The molecular formula is C13H19NO2. The van der Waals surface area contributed by atoms with Gasteiger partial charge in [-0.15, -0.1) is 0 Å². The van der Waals surface area contributed by atoms with E-state index in [1.54, 1.807) is 0 Å². The SMILES string of the molecule is C=CC(=O)/C(C=C)=C/C(=C)N(CC)C(C)=O.[HH]. The zero-order valence-electron chi connectivity index (χ0n) is 9.82. The molecule has 0 heterocycles. The normalized spacial score (nSPS) is 10.5. The highest BCUT2D eigenvalue weighted by atomic mass is 16.2. The van der Waals surface area contributed by atoms with Gasteiger partial charge in [0.1, 0.15) is 0 Å². The number of amides is 1. The number of carbonyl (C=O) groups excluding carboxylic acids is 2. The first kappa shape index (κ1) is 14.1. The fourth-order valence-electron chi connectivity index (χ4n) is 1.23. The Morgan fingerprint density at radius 2 is 1.88 bits per heavy atom. The first-order chi connectivity index (χ1) is 7.47. The third-order valence-electron chi connectivity index (χ3n) is 2.05. The van der Waals surface area contributed by atoms with Crippen LogP contribution in [0.3, 0.4) is 0 Å². The topological polar surface area (TPSA) is 37.4 Å². The third-order valence-corrected chi connectivity index (χ3v) is 2.05. The van der Waals surface area contributed by atoms with Crippen LogP contribution in [0, 0.1) is 0 Å². The predicted octanol–water partition coefficient (Wildman–Crippen LogP) is 2.48. The van der Waals surface area contributed by atoms with E-state index < -0.39 is 0 Å². The van der Waals surface area contributed by atoms with Gasteiger partial charge in [0.2, 0.25) is 5.91 Å². The molecule has 0 unspecified atom stereocenters. The molecule has 0 bridgehead atoms. The van der Waals surface area contributed by atoms with Crippen molar-refractivity contribution in [3.63, 3.8) is 0 Å². The summed E-state index contributed by atoms with van der Waals surface area (Å²) in [6, 6.07) is 0. The molecule has 0 saturated carbocycles. The minimum atomic E-state index is -0.240. The minimum absolute atomic E-state index is 0. The lowest BCUT2D eigenvalue weighted by Crippen LogP contribution is -2.26. The van der Waals surface area contributed by atoms with E-state index in [0.29, 0.717) is 17.8 Å². The van der Waals surface area contributed by atoms with Crippen molar-refractivity contribution < 1.29 is 11.0 Å². The highest BCUT2D eigenvalue weighted by molar-refractivity contribution is 6.06. The van der Waals surface area contributed by atoms with E-state index in [0.717, 1.165) is 0 Å². The highest BCUT2D eigenvalue weighted by Crippen LogP contribution is 2.09. The number of likely N-dealkylation sites (N-methyl/N-ethyl adjacent to an activating group) is 1. The van der Waals surface area contributed by atoms with Gasteiger partial charge in [-0.2, -0.15) is 0 Å². The molecule has 88 valence electrons. The molecule has 0 atom stereocenters. The molecular weight excluding hydrogens is 202 g/mol. The number of rotatable bonds is 6. The molecule has 0 spiro atoms. The predicted molar refractivity (Wildman–Crippen MR) is 67.8 cm³/mol. The smallest absolute Gasteiger partial charge is 0.223 e. The molecule has 0 N–H and O–H groups in total. The number of ketones is 1. The van der Waals surface area contributed by atoms with Crippen molar-refractivity contribution in [3.05, 3.63) is 49.2 Å². The van der Waals surface area contributed by atoms with Crippen LogP contribution in [0.15, 0.2) is 49.2 Å². The van der Waals surface area contributed by atoms with Crippen LogP contribution in [0.4, 0.5) is 0 Å². The molecule has 0 radical (unpaired) electrons. The van der Waals surface area contributed by atoms with Crippen LogP contribution in [0.1, 0.15) is 15.3 Å². The largest absolute Gasteiger partial charge is 0.314 e. The van der Waals surface area contributed by atoms with Crippen LogP contribution in [0.2, 0.25) is 0 Å². The van der Waals surface area contributed by atoms with Crippen LogP contribution in [-0.2, 0) is 9.59 Å². The number of allylic oxidation sites excluding steroid dienone is 4. The van der Waals surface area contributed by atoms with Crippen molar-refractivity contribution in [3.8, 4) is 0 Å². The second kappa shape index (κ2) is 6.56. The summed E-state index contributed by atoms with van der Waals surface area (Å²) in [7, 11) is 0. The number of hydrogen-bond donors (Lipinski definition) is 0. The van der Waals surface area contributed by atoms with Crippen LogP contribution in [-0.4, -0.2) is 23.1 Å². The number of carbonyl (C=O) groups is 2. The first-order valence-electron chi connectivity index (χ1n) is 4.95. The first-order valence-corrected chi connectivity index (χ1v) is 4.95. The molecule has 16 heavy (non-hydrogen) atoms. The van der Waals surface area contributed by atoms with E-state index in [9.17, 15) is 9.59 Å². The molecule has 0 aromatic carbocycles. The average molecular weight is 221 g/mol. The molecule has 0 aromatic heterocycles. The molecule has 3 nitrogen and oxygen atoms in total. The number of hydrogen-bond acceptors (Lipinski definition) is 2. The van der Waals surface area contributed by atoms with E-state index in [1.165, 1.54) is 30.1 Å². The summed E-state index contributed by atoms with van der Waals surface area (Å²) in [5.41, 5.74) is 0.847. The van der Waals surface area contributed by atoms with Crippen molar-refractivity contribution in [1.29, 1.82) is 0 Å². The van der Waals surface area contributed by atoms with Gasteiger partial charge >= 0.3 is 0 Å². The summed E-state index contributed by atoms with van der Waals surface area (Å²) < 4.78 is 0. The zero-order chi connectivity index (χ0) is 12.7. The monoisotopic (exact) mass is 221 g/mol. The standard InChI is InChI=1S/C13H17NO2.H2/c1-6-12(13(16)7-2)9-10(4)14(8-3)11(5)15;/h6-7,9H,1-2,4,8H2,3,5H3;1H/b12-9+;. The minimum Gasteiger partial charge on any atom is -0.314 e. The maximum atomic E-state index is 11.4. The van der Waals surface area contributed by atoms with Gasteiger partial charge in [0.15, 0.2) is 5.78 Å². The summed E-state index contributed by atoms with van der Waals surface area (Å²) in [6.07, 6.45) is 4.15. The second-order valence-electron chi connectivity index (χ2n) is 3.13. The van der Waals surface area contributed by atoms with Gasteiger partial charge in [-0.3, -0.25) is 9.59 Å². The molecule has 1 amide bonds.